The summed E-state index contributed by atoms with van der Waals surface area (Å²) < 4.78 is 4.53. The molecule has 3 nitrogen and oxygen atoms in total. The third kappa shape index (κ3) is 14.2. The highest BCUT2D eigenvalue weighted by Gasteiger charge is 1.96. The van der Waals surface area contributed by atoms with E-state index in [0.29, 0.717) is 25.7 Å². The van der Waals surface area contributed by atoms with Crippen molar-refractivity contribution in [1.29, 1.82) is 0 Å². The van der Waals surface area contributed by atoms with Crippen molar-refractivity contribution >= 4 is 5.97 Å². The molecule has 20 heavy (non-hydrogen) atoms. The van der Waals surface area contributed by atoms with Crippen molar-refractivity contribution in [2.75, 3.05) is 13.7 Å². The molecule has 0 bridgehead atoms. The van der Waals surface area contributed by atoms with Crippen LogP contribution in [0.15, 0.2) is 0 Å². The first-order chi connectivity index (χ1) is 9.81. The molecule has 0 aliphatic heterocycles. The van der Waals surface area contributed by atoms with E-state index in [1.54, 1.807) is 0 Å². The zero-order valence-corrected chi connectivity index (χ0v) is 12.1. The van der Waals surface area contributed by atoms with Crippen molar-refractivity contribution in [1.82, 2.24) is 0 Å². The van der Waals surface area contributed by atoms with Crippen LogP contribution in [0, 0.1) is 35.5 Å². The summed E-state index contributed by atoms with van der Waals surface area (Å²) in [6, 6.07) is 0. The first kappa shape index (κ1) is 18.1. The third-order valence-corrected chi connectivity index (χ3v) is 2.35. The normalized spacial score (nSPS) is 8.30. The van der Waals surface area contributed by atoms with Gasteiger partial charge in [-0.15, -0.1) is 11.8 Å². The number of carbonyl (C=O) groups excluding carboxylic acids is 1. The average Bonchev–Trinajstić information content (AvgIpc) is 2.47. The topological polar surface area (TPSA) is 46.5 Å². The molecule has 0 heterocycles. The summed E-state index contributed by atoms with van der Waals surface area (Å²) in [5, 5.41) is 8.58. The molecule has 108 valence electrons. The summed E-state index contributed by atoms with van der Waals surface area (Å²) >= 11 is 0. The molecule has 0 atom stereocenters. The highest BCUT2D eigenvalue weighted by molar-refractivity contribution is 5.69. The maximum absolute atomic E-state index is 10.8. The summed E-state index contributed by atoms with van der Waals surface area (Å²) in [7, 11) is 1.39. The van der Waals surface area contributed by atoms with Gasteiger partial charge >= 0.3 is 5.97 Å². The Labute approximate surface area is 122 Å². The lowest BCUT2D eigenvalue weighted by Gasteiger charge is -1.93. The standard InChI is InChI=1S/C17H22O3/c1-20-17(19)15-13-11-9-7-5-3-2-4-6-8-10-12-14-16-18/h18H,4-5,10-16H2,1H3. The number of hydrogen-bond donors (Lipinski definition) is 1. The molecule has 0 aromatic rings. The summed E-state index contributed by atoms with van der Waals surface area (Å²) in [6.07, 6.45) is 5.53. The molecule has 3 heteroatoms. The van der Waals surface area contributed by atoms with Gasteiger partial charge < -0.3 is 9.84 Å². The molecule has 0 amide bonds. The fraction of sp³-hybridized carbons (Fsp3) is 0.588. The van der Waals surface area contributed by atoms with Gasteiger partial charge in [-0.1, -0.05) is 23.7 Å². The van der Waals surface area contributed by atoms with Gasteiger partial charge in [-0.2, -0.15) is 0 Å². The van der Waals surface area contributed by atoms with Crippen LogP contribution in [0.4, 0.5) is 0 Å². The van der Waals surface area contributed by atoms with Crippen molar-refractivity contribution in [2.45, 2.75) is 51.4 Å². The number of aliphatic hydroxyl groups is 1. The van der Waals surface area contributed by atoms with Gasteiger partial charge in [0.15, 0.2) is 0 Å². The predicted molar refractivity (Wildman–Crippen MR) is 79.4 cm³/mol. The van der Waals surface area contributed by atoms with E-state index in [2.05, 4.69) is 40.3 Å². The second-order valence-corrected chi connectivity index (χ2v) is 4.02. The number of carbonyl (C=O) groups is 1. The maximum Gasteiger partial charge on any atom is 0.305 e. The minimum absolute atomic E-state index is 0.191. The molecular weight excluding hydrogens is 252 g/mol. The number of esters is 1. The Balaban J connectivity index is 3.51. The lowest BCUT2D eigenvalue weighted by atomic mass is 10.2. The van der Waals surface area contributed by atoms with Crippen LogP contribution in [0.5, 0.6) is 0 Å². The molecule has 0 saturated heterocycles. The molecular formula is C17H22O3. The van der Waals surface area contributed by atoms with Crippen molar-refractivity contribution in [3.05, 3.63) is 0 Å². The molecule has 0 radical (unpaired) electrons. The zero-order valence-electron chi connectivity index (χ0n) is 12.1. The molecule has 0 aliphatic rings. The fourth-order valence-electron chi connectivity index (χ4n) is 1.26. The second-order valence-electron chi connectivity index (χ2n) is 4.02. The molecule has 0 spiro atoms. The Kier molecular flexibility index (Phi) is 13.7. The van der Waals surface area contributed by atoms with Crippen molar-refractivity contribution in [3.63, 3.8) is 0 Å². The quantitative estimate of drug-likeness (QED) is 0.459. The molecule has 0 aliphatic carbocycles. The summed E-state index contributed by atoms with van der Waals surface area (Å²) in [4.78, 5) is 10.8. The van der Waals surface area contributed by atoms with Crippen LogP contribution in [0.25, 0.3) is 0 Å². The Morgan fingerprint density at radius 2 is 1.45 bits per heavy atom. The molecule has 1 N–H and O–H groups in total. The average molecular weight is 274 g/mol. The Bertz CT molecular complexity index is 432. The van der Waals surface area contributed by atoms with Crippen molar-refractivity contribution in [2.24, 2.45) is 0 Å². The Morgan fingerprint density at radius 1 is 0.900 bits per heavy atom. The minimum atomic E-state index is -0.191. The number of aliphatic hydroxyl groups excluding tert-OH is 1. The lowest BCUT2D eigenvalue weighted by molar-refractivity contribution is -0.140. The molecule has 0 rings (SSSR count). The van der Waals surface area contributed by atoms with E-state index in [4.69, 9.17) is 5.11 Å². The van der Waals surface area contributed by atoms with E-state index in [1.165, 1.54) is 7.11 Å². The van der Waals surface area contributed by atoms with E-state index < -0.39 is 0 Å². The van der Waals surface area contributed by atoms with Crippen LogP contribution >= 0.6 is 0 Å². The van der Waals surface area contributed by atoms with Gasteiger partial charge in [0.2, 0.25) is 0 Å². The van der Waals surface area contributed by atoms with E-state index in [9.17, 15) is 4.79 Å². The monoisotopic (exact) mass is 274 g/mol. The van der Waals surface area contributed by atoms with Crippen LogP contribution in [-0.2, 0) is 9.53 Å². The first-order valence-electron chi connectivity index (χ1n) is 6.86. The van der Waals surface area contributed by atoms with Gasteiger partial charge in [0.05, 0.1) is 20.0 Å². The van der Waals surface area contributed by atoms with Crippen LogP contribution < -0.4 is 0 Å². The maximum atomic E-state index is 10.8. The number of unbranched alkanes of at least 4 members (excludes halogenated alkanes) is 3. The number of hydrogen-bond acceptors (Lipinski definition) is 3. The predicted octanol–water partition coefficient (Wildman–Crippen LogP) is 2.28. The minimum Gasteiger partial charge on any atom is -0.469 e. The van der Waals surface area contributed by atoms with E-state index >= 15 is 0 Å². The largest absolute Gasteiger partial charge is 0.469 e. The summed E-state index contributed by atoms with van der Waals surface area (Å²) in [5.74, 6) is 17.6. The molecule has 0 aromatic heterocycles. The van der Waals surface area contributed by atoms with Gasteiger partial charge in [0.1, 0.15) is 0 Å². The first-order valence-corrected chi connectivity index (χ1v) is 6.86. The highest BCUT2D eigenvalue weighted by atomic mass is 16.5. The molecule has 0 unspecified atom stereocenters. The molecule has 0 fully saturated rings. The zero-order chi connectivity index (χ0) is 14.9. The summed E-state index contributed by atoms with van der Waals surface area (Å²) in [6.45, 7) is 0.236. The van der Waals surface area contributed by atoms with Gasteiger partial charge in [0.25, 0.3) is 0 Å². The summed E-state index contributed by atoms with van der Waals surface area (Å²) in [5.41, 5.74) is 0. The Morgan fingerprint density at radius 3 is 2.00 bits per heavy atom. The Hall–Kier alpha value is -1.89. The van der Waals surface area contributed by atoms with Gasteiger partial charge in [-0.3, -0.25) is 4.79 Å². The SMILES string of the molecule is COC(=O)CCCC#CCC#CCC#CCCCCO. The van der Waals surface area contributed by atoms with Crippen molar-refractivity contribution in [3.8, 4) is 35.5 Å². The van der Waals surface area contributed by atoms with E-state index in [0.717, 1.165) is 25.7 Å². The van der Waals surface area contributed by atoms with Gasteiger partial charge in [0, 0.05) is 25.9 Å². The van der Waals surface area contributed by atoms with Crippen LogP contribution in [-0.4, -0.2) is 24.8 Å². The molecule has 0 saturated carbocycles. The van der Waals surface area contributed by atoms with Gasteiger partial charge in [-0.25, -0.2) is 0 Å². The number of rotatable bonds is 6. The van der Waals surface area contributed by atoms with Crippen molar-refractivity contribution < 1.29 is 14.6 Å². The lowest BCUT2D eigenvalue weighted by Crippen LogP contribution is -1.98. The van der Waals surface area contributed by atoms with E-state index in [-0.39, 0.29) is 12.6 Å². The smallest absolute Gasteiger partial charge is 0.305 e. The van der Waals surface area contributed by atoms with Crippen LogP contribution in [0.2, 0.25) is 0 Å². The number of methoxy groups -OCH3 is 1. The second kappa shape index (κ2) is 15.2. The molecule has 0 aromatic carbocycles. The van der Waals surface area contributed by atoms with Crippen LogP contribution in [0.1, 0.15) is 51.4 Å². The van der Waals surface area contributed by atoms with Crippen LogP contribution in [0.3, 0.4) is 0 Å². The van der Waals surface area contributed by atoms with E-state index in [1.807, 2.05) is 0 Å². The highest BCUT2D eigenvalue weighted by Crippen LogP contribution is 1.95. The fourth-order valence-corrected chi connectivity index (χ4v) is 1.26. The van der Waals surface area contributed by atoms with Gasteiger partial charge in [-0.05, 0) is 19.3 Å². The number of ether oxygens (including phenoxy) is 1. The third-order valence-electron chi connectivity index (χ3n) is 2.35.